The van der Waals surface area contributed by atoms with Gasteiger partial charge in [-0.3, -0.25) is 9.59 Å². The van der Waals surface area contributed by atoms with Crippen LogP contribution in [0.4, 0.5) is 0 Å². The fourth-order valence-electron chi connectivity index (χ4n) is 1.92. The number of aromatic nitrogens is 1. The van der Waals surface area contributed by atoms with Gasteiger partial charge in [-0.15, -0.1) is 0 Å². The quantitative estimate of drug-likeness (QED) is 0.759. The molecule has 92 valence electrons. The van der Waals surface area contributed by atoms with Gasteiger partial charge in [0.05, 0.1) is 5.69 Å². The Kier molecular flexibility index (Phi) is 2.87. The molecule has 0 aromatic carbocycles. The SMILES string of the molecule is Cc1nc(C)c(C(=O)N2CCNC(=O)C2C)o1. The minimum absolute atomic E-state index is 0.140. The van der Waals surface area contributed by atoms with Crippen molar-refractivity contribution in [3.63, 3.8) is 0 Å². The molecular weight excluding hydrogens is 222 g/mol. The molecule has 1 N–H and O–H groups in total. The second kappa shape index (κ2) is 4.20. The molecule has 1 aromatic heterocycles. The van der Waals surface area contributed by atoms with Gasteiger partial charge in [0.2, 0.25) is 11.7 Å². The van der Waals surface area contributed by atoms with Gasteiger partial charge < -0.3 is 14.6 Å². The van der Waals surface area contributed by atoms with Crippen LogP contribution in [0.3, 0.4) is 0 Å². The highest BCUT2D eigenvalue weighted by atomic mass is 16.4. The number of amides is 2. The number of piperazine rings is 1. The van der Waals surface area contributed by atoms with Crippen LogP contribution in [-0.4, -0.2) is 40.8 Å². The number of nitrogens with zero attached hydrogens (tertiary/aromatic N) is 2. The largest absolute Gasteiger partial charge is 0.436 e. The first-order chi connectivity index (χ1) is 8.00. The van der Waals surface area contributed by atoms with Crippen molar-refractivity contribution in [1.82, 2.24) is 15.2 Å². The first kappa shape index (κ1) is 11.6. The summed E-state index contributed by atoms with van der Waals surface area (Å²) in [6.45, 7) is 6.07. The van der Waals surface area contributed by atoms with E-state index in [9.17, 15) is 9.59 Å². The average Bonchev–Trinajstić information content (AvgIpc) is 2.61. The van der Waals surface area contributed by atoms with Gasteiger partial charge in [0.15, 0.2) is 5.89 Å². The normalized spacial score (nSPS) is 20.3. The summed E-state index contributed by atoms with van der Waals surface area (Å²) in [6.07, 6.45) is 0. The Bertz CT molecular complexity index is 467. The molecule has 1 atom stereocenters. The summed E-state index contributed by atoms with van der Waals surface area (Å²) in [5, 5.41) is 2.71. The van der Waals surface area contributed by atoms with Crippen molar-refractivity contribution in [2.45, 2.75) is 26.8 Å². The maximum atomic E-state index is 12.2. The molecule has 0 spiro atoms. The standard InChI is InChI=1S/C11H15N3O3/c1-6-9(17-8(3)13-6)11(16)14-5-4-12-10(15)7(14)2/h7H,4-5H2,1-3H3,(H,12,15). The lowest BCUT2D eigenvalue weighted by atomic mass is 10.2. The molecule has 1 saturated heterocycles. The van der Waals surface area contributed by atoms with Crippen molar-refractivity contribution >= 4 is 11.8 Å². The van der Waals surface area contributed by atoms with Crippen LogP contribution in [0.2, 0.25) is 0 Å². The Balaban J connectivity index is 2.25. The van der Waals surface area contributed by atoms with Gasteiger partial charge in [-0.2, -0.15) is 0 Å². The predicted octanol–water partition coefficient (Wildman–Crippen LogP) is 0.252. The molecule has 0 radical (unpaired) electrons. The topological polar surface area (TPSA) is 75.4 Å². The summed E-state index contributed by atoms with van der Waals surface area (Å²) in [4.78, 5) is 29.2. The van der Waals surface area contributed by atoms with Gasteiger partial charge in [-0.05, 0) is 13.8 Å². The summed E-state index contributed by atoms with van der Waals surface area (Å²) < 4.78 is 5.28. The molecule has 1 aliphatic rings. The first-order valence-corrected chi connectivity index (χ1v) is 5.53. The number of rotatable bonds is 1. The van der Waals surface area contributed by atoms with Crippen LogP contribution in [-0.2, 0) is 4.79 Å². The molecule has 6 nitrogen and oxygen atoms in total. The van der Waals surface area contributed by atoms with E-state index in [4.69, 9.17) is 4.42 Å². The predicted molar refractivity (Wildman–Crippen MR) is 59.5 cm³/mol. The van der Waals surface area contributed by atoms with E-state index < -0.39 is 6.04 Å². The zero-order valence-corrected chi connectivity index (χ0v) is 10.1. The van der Waals surface area contributed by atoms with E-state index in [1.54, 1.807) is 20.8 Å². The maximum Gasteiger partial charge on any atom is 0.292 e. The molecule has 0 aliphatic carbocycles. The van der Waals surface area contributed by atoms with Gasteiger partial charge in [0.1, 0.15) is 6.04 Å². The van der Waals surface area contributed by atoms with Crippen LogP contribution in [0.5, 0.6) is 0 Å². The molecule has 1 fully saturated rings. The second-order valence-electron chi connectivity index (χ2n) is 4.11. The molecule has 0 bridgehead atoms. The molecule has 17 heavy (non-hydrogen) atoms. The third-order valence-corrected chi connectivity index (χ3v) is 2.86. The van der Waals surface area contributed by atoms with Crippen molar-refractivity contribution in [3.05, 3.63) is 17.3 Å². The number of hydrogen-bond donors (Lipinski definition) is 1. The molecular formula is C11H15N3O3. The third-order valence-electron chi connectivity index (χ3n) is 2.86. The van der Waals surface area contributed by atoms with E-state index in [2.05, 4.69) is 10.3 Å². The smallest absolute Gasteiger partial charge is 0.292 e. The van der Waals surface area contributed by atoms with Crippen LogP contribution >= 0.6 is 0 Å². The van der Waals surface area contributed by atoms with Crippen molar-refractivity contribution in [2.24, 2.45) is 0 Å². The highest BCUT2D eigenvalue weighted by molar-refractivity contribution is 5.96. The molecule has 1 aromatic rings. The lowest BCUT2D eigenvalue weighted by Crippen LogP contribution is -2.55. The summed E-state index contributed by atoms with van der Waals surface area (Å²) in [5.74, 6) is 0.271. The summed E-state index contributed by atoms with van der Waals surface area (Å²) in [5.41, 5.74) is 0.561. The molecule has 2 amide bonds. The number of hydrogen-bond acceptors (Lipinski definition) is 4. The third kappa shape index (κ3) is 2.02. The van der Waals surface area contributed by atoms with Crippen LogP contribution in [0.1, 0.15) is 29.1 Å². The Morgan fingerprint density at radius 3 is 2.82 bits per heavy atom. The average molecular weight is 237 g/mol. The summed E-state index contributed by atoms with van der Waals surface area (Å²) in [7, 11) is 0. The first-order valence-electron chi connectivity index (χ1n) is 5.53. The van der Waals surface area contributed by atoms with Crippen molar-refractivity contribution in [1.29, 1.82) is 0 Å². The molecule has 1 aliphatic heterocycles. The maximum absolute atomic E-state index is 12.2. The highest BCUT2D eigenvalue weighted by Gasteiger charge is 2.32. The van der Waals surface area contributed by atoms with Crippen LogP contribution < -0.4 is 5.32 Å². The summed E-state index contributed by atoms with van der Waals surface area (Å²) in [6, 6.07) is -0.471. The number of carbonyl (C=O) groups is 2. The molecule has 0 saturated carbocycles. The van der Waals surface area contributed by atoms with E-state index >= 15 is 0 Å². The minimum Gasteiger partial charge on any atom is -0.436 e. The van der Waals surface area contributed by atoms with Gasteiger partial charge in [0.25, 0.3) is 5.91 Å². The van der Waals surface area contributed by atoms with Crippen LogP contribution in [0.25, 0.3) is 0 Å². The minimum atomic E-state index is -0.471. The van der Waals surface area contributed by atoms with Crippen LogP contribution in [0, 0.1) is 13.8 Å². The number of carbonyl (C=O) groups excluding carboxylic acids is 2. The van der Waals surface area contributed by atoms with Gasteiger partial charge in [0, 0.05) is 20.0 Å². The zero-order chi connectivity index (χ0) is 12.6. The highest BCUT2D eigenvalue weighted by Crippen LogP contribution is 2.15. The van der Waals surface area contributed by atoms with Crippen LogP contribution in [0.15, 0.2) is 4.42 Å². The van der Waals surface area contributed by atoms with Gasteiger partial charge in [-0.25, -0.2) is 4.98 Å². The lowest BCUT2D eigenvalue weighted by Gasteiger charge is -2.32. The van der Waals surface area contributed by atoms with Gasteiger partial charge >= 0.3 is 0 Å². The van der Waals surface area contributed by atoms with Gasteiger partial charge in [-0.1, -0.05) is 0 Å². The summed E-state index contributed by atoms with van der Waals surface area (Å²) >= 11 is 0. The van der Waals surface area contributed by atoms with Crippen molar-refractivity contribution < 1.29 is 14.0 Å². The molecule has 2 heterocycles. The molecule has 1 unspecified atom stereocenters. The number of nitrogens with one attached hydrogen (secondary N) is 1. The van der Waals surface area contributed by atoms with E-state index in [1.165, 1.54) is 4.90 Å². The second-order valence-corrected chi connectivity index (χ2v) is 4.11. The van der Waals surface area contributed by atoms with Crippen molar-refractivity contribution in [2.75, 3.05) is 13.1 Å². The van der Waals surface area contributed by atoms with Crippen molar-refractivity contribution in [3.8, 4) is 0 Å². The Hall–Kier alpha value is -1.85. The Labute approximate surface area is 99.0 Å². The monoisotopic (exact) mass is 237 g/mol. The fourth-order valence-corrected chi connectivity index (χ4v) is 1.92. The Morgan fingerprint density at radius 1 is 1.53 bits per heavy atom. The van der Waals surface area contributed by atoms with E-state index in [-0.39, 0.29) is 17.6 Å². The van der Waals surface area contributed by atoms with E-state index in [0.29, 0.717) is 24.7 Å². The molecule has 6 heteroatoms. The zero-order valence-electron chi connectivity index (χ0n) is 10.1. The van der Waals surface area contributed by atoms with E-state index in [0.717, 1.165) is 0 Å². The fraction of sp³-hybridized carbons (Fsp3) is 0.545. The lowest BCUT2D eigenvalue weighted by molar-refractivity contribution is -0.127. The van der Waals surface area contributed by atoms with E-state index in [1.807, 2.05) is 0 Å². The number of aryl methyl sites for hydroxylation is 2. The number of oxazole rings is 1. The Morgan fingerprint density at radius 2 is 2.24 bits per heavy atom. The molecule has 2 rings (SSSR count).